The van der Waals surface area contributed by atoms with E-state index in [0.717, 1.165) is 37.5 Å². The molecule has 0 aromatic heterocycles. The number of sulfone groups is 1. The van der Waals surface area contributed by atoms with Crippen LogP contribution < -0.4 is 15.4 Å². The van der Waals surface area contributed by atoms with Gasteiger partial charge in [-0.2, -0.15) is 0 Å². The summed E-state index contributed by atoms with van der Waals surface area (Å²) < 4.78 is 28.5. The third-order valence-corrected chi connectivity index (χ3v) is 5.54. The normalized spacial score (nSPS) is 12.9. The smallest absolute Gasteiger partial charge is 0.191 e. The van der Waals surface area contributed by atoms with Crippen molar-refractivity contribution < 1.29 is 13.2 Å². The molecule has 1 unspecified atom stereocenters. The van der Waals surface area contributed by atoms with E-state index in [1.807, 2.05) is 38.1 Å². The molecule has 0 fully saturated rings. The van der Waals surface area contributed by atoms with Gasteiger partial charge in [-0.1, -0.05) is 26.0 Å². The second-order valence-electron chi connectivity index (χ2n) is 7.18. The van der Waals surface area contributed by atoms with E-state index in [-0.39, 0.29) is 35.8 Å². The predicted molar refractivity (Wildman–Crippen MR) is 137 cm³/mol. The summed E-state index contributed by atoms with van der Waals surface area (Å²) >= 11 is 0. The van der Waals surface area contributed by atoms with Crippen molar-refractivity contribution in [3.63, 3.8) is 0 Å². The quantitative estimate of drug-likeness (QED) is 0.222. The average molecular weight is 555 g/mol. The molecule has 174 valence electrons. The summed E-state index contributed by atoms with van der Waals surface area (Å²) in [5.41, 5.74) is 1.09. The standard InChI is InChI=1S/C21H38N4O3S.HI/c1-6-22-21(24-18(4)13-16-29(5,26)27)23-17-19-9-11-20(12-10-19)28-15-14-25(7-2)8-3;/h9-12,18H,6-8,13-17H2,1-5H3,(H2,22,23,24);1H. The zero-order valence-corrected chi connectivity index (χ0v) is 22.1. The highest BCUT2D eigenvalue weighted by Gasteiger charge is 2.09. The molecule has 0 bridgehead atoms. The van der Waals surface area contributed by atoms with E-state index in [0.29, 0.717) is 25.5 Å². The molecular weight excluding hydrogens is 515 g/mol. The fraction of sp³-hybridized carbons (Fsp3) is 0.667. The molecule has 30 heavy (non-hydrogen) atoms. The minimum absolute atomic E-state index is 0. The largest absolute Gasteiger partial charge is 0.492 e. The molecule has 1 aromatic rings. The number of halogens is 1. The molecule has 1 rings (SSSR count). The molecule has 0 spiro atoms. The van der Waals surface area contributed by atoms with Gasteiger partial charge in [0.15, 0.2) is 5.96 Å². The van der Waals surface area contributed by atoms with Gasteiger partial charge in [0.05, 0.1) is 12.3 Å². The minimum Gasteiger partial charge on any atom is -0.492 e. The molecule has 0 amide bonds. The van der Waals surface area contributed by atoms with Gasteiger partial charge in [-0.3, -0.25) is 0 Å². The van der Waals surface area contributed by atoms with Crippen molar-refractivity contribution in [2.75, 3.05) is 44.8 Å². The van der Waals surface area contributed by atoms with E-state index in [1.165, 1.54) is 6.26 Å². The Bertz CT molecular complexity index is 707. The van der Waals surface area contributed by atoms with Gasteiger partial charge in [0.1, 0.15) is 22.2 Å². The number of guanidine groups is 1. The summed E-state index contributed by atoms with van der Waals surface area (Å²) in [5, 5.41) is 6.47. The number of nitrogens with one attached hydrogen (secondary N) is 2. The second kappa shape index (κ2) is 15.7. The van der Waals surface area contributed by atoms with Gasteiger partial charge in [-0.25, -0.2) is 13.4 Å². The lowest BCUT2D eigenvalue weighted by atomic mass is 10.2. The third kappa shape index (κ3) is 13.3. The Hall–Kier alpha value is -1.07. The van der Waals surface area contributed by atoms with Gasteiger partial charge >= 0.3 is 0 Å². The van der Waals surface area contributed by atoms with Crippen LogP contribution >= 0.6 is 24.0 Å². The summed E-state index contributed by atoms with van der Waals surface area (Å²) in [5.74, 6) is 1.72. The fourth-order valence-corrected chi connectivity index (χ4v) is 3.49. The van der Waals surface area contributed by atoms with E-state index in [2.05, 4.69) is 34.4 Å². The summed E-state index contributed by atoms with van der Waals surface area (Å²) in [6.07, 6.45) is 1.80. The van der Waals surface area contributed by atoms with Crippen LogP contribution in [-0.2, 0) is 16.4 Å². The number of likely N-dealkylation sites (N-methyl/N-ethyl adjacent to an activating group) is 1. The highest BCUT2D eigenvalue weighted by Crippen LogP contribution is 2.13. The molecular formula is C21H39IN4O3S. The highest BCUT2D eigenvalue weighted by molar-refractivity contribution is 14.0. The van der Waals surface area contributed by atoms with E-state index >= 15 is 0 Å². The summed E-state index contributed by atoms with van der Waals surface area (Å²) in [6.45, 7) is 13.2. The first-order valence-corrected chi connectivity index (χ1v) is 12.5. The first-order valence-electron chi connectivity index (χ1n) is 10.4. The molecule has 0 saturated carbocycles. The zero-order valence-electron chi connectivity index (χ0n) is 19.0. The lowest BCUT2D eigenvalue weighted by Crippen LogP contribution is -2.42. The number of aliphatic imine (C=N–C) groups is 1. The first-order chi connectivity index (χ1) is 13.8. The number of hydrogen-bond donors (Lipinski definition) is 2. The molecule has 2 N–H and O–H groups in total. The van der Waals surface area contributed by atoms with Crippen molar-refractivity contribution in [2.45, 2.75) is 46.7 Å². The maximum Gasteiger partial charge on any atom is 0.191 e. The lowest BCUT2D eigenvalue weighted by Gasteiger charge is -2.18. The Kier molecular flexibility index (Phi) is 15.1. The Morgan fingerprint density at radius 3 is 2.33 bits per heavy atom. The summed E-state index contributed by atoms with van der Waals surface area (Å²) in [6, 6.07) is 8.01. The van der Waals surface area contributed by atoms with E-state index in [1.54, 1.807) is 0 Å². The SMILES string of the molecule is CCNC(=NCc1ccc(OCCN(CC)CC)cc1)NC(C)CCS(C)(=O)=O.I. The average Bonchev–Trinajstić information content (AvgIpc) is 2.68. The number of nitrogens with zero attached hydrogens (tertiary/aromatic N) is 2. The van der Waals surface area contributed by atoms with Crippen molar-refractivity contribution in [1.29, 1.82) is 0 Å². The number of rotatable bonds is 13. The third-order valence-electron chi connectivity index (χ3n) is 4.56. The molecule has 0 saturated heterocycles. The molecule has 1 atom stereocenters. The van der Waals surface area contributed by atoms with Gasteiger partial charge < -0.3 is 20.3 Å². The summed E-state index contributed by atoms with van der Waals surface area (Å²) in [4.78, 5) is 6.93. The molecule has 1 aromatic carbocycles. The van der Waals surface area contributed by atoms with E-state index in [9.17, 15) is 8.42 Å². The van der Waals surface area contributed by atoms with E-state index < -0.39 is 9.84 Å². The van der Waals surface area contributed by atoms with Gasteiger partial charge in [-0.05, 0) is 51.1 Å². The molecule has 0 heterocycles. The summed E-state index contributed by atoms with van der Waals surface area (Å²) in [7, 11) is -2.96. The van der Waals surface area contributed by atoms with Gasteiger partial charge in [0.2, 0.25) is 0 Å². The minimum atomic E-state index is -2.96. The highest BCUT2D eigenvalue weighted by atomic mass is 127. The maximum atomic E-state index is 11.3. The van der Waals surface area contributed by atoms with Crippen LogP contribution in [0, 0.1) is 0 Å². The van der Waals surface area contributed by atoms with Crippen LogP contribution in [0.25, 0.3) is 0 Å². The van der Waals surface area contributed by atoms with Gasteiger partial charge in [0.25, 0.3) is 0 Å². The molecule has 0 radical (unpaired) electrons. The van der Waals surface area contributed by atoms with Crippen LogP contribution in [-0.4, -0.2) is 70.1 Å². The molecule has 7 nitrogen and oxygen atoms in total. The maximum absolute atomic E-state index is 11.3. The topological polar surface area (TPSA) is 83.0 Å². The Morgan fingerprint density at radius 1 is 1.17 bits per heavy atom. The van der Waals surface area contributed by atoms with Crippen molar-refractivity contribution in [2.24, 2.45) is 4.99 Å². The molecule has 0 aliphatic rings. The fourth-order valence-electron chi connectivity index (χ4n) is 2.71. The van der Waals surface area contributed by atoms with Crippen LogP contribution in [0.1, 0.15) is 39.7 Å². The van der Waals surface area contributed by atoms with Crippen LogP contribution in [0.5, 0.6) is 5.75 Å². The molecule has 9 heteroatoms. The zero-order chi connectivity index (χ0) is 21.7. The van der Waals surface area contributed by atoms with Crippen LogP contribution in [0.2, 0.25) is 0 Å². The number of benzene rings is 1. The van der Waals surface area contributed by atoms with Gasteiger partial charge in [0, 0.05) is 25.4 Å². The Balaban J connectivity index is 0.00000841. The first kappa shape index (κ1) is 28.9. The van der Waals surface area contributed by atoms with Crippen molar-refractivity contribution in [3.8, 4) is 5.75 Å². The Morgan fingerprint density at radius 2 is 1.80 bits per heavy atom. The van der Waals surface area contributed by atoms with Gasteiger partial charge in [-0.15, -0.1) is 24.0 Å². The lowest BCUT2D eigenvalue weighted by molar-refractivity contribution is 0.223. The van der Waals surface area contributed by atoms with Crippen molar-refractivity contribution in [1.82, 2.24) is 15.5 Å². The van der Waals surface area contributed by atoms with Crippen LogP contribution in [0.15, 0.2) is 29.3 Å². The predicted octanol–water partition coefficient (Wildman–Crippen LogP) is 2.90. The van der Waals surface area contributed by atoms with E-state index in [4.69, 9.17) is 4.74 Å². The molecule has 0 aliphatic carbocycles. The van der Waals surface area contributed by atoms with Crippen LogP contribution in [0.4, 0.5) is 0 Å². The van der Waals surface area contributed by atoms with Crippen LogP contribution in [0.3, 0.4) is 0 Å². The van der Waals surface area contributed by atoms with Crippen molar-refractivity contribution in [3.05, 3.63) is 29.8 Å². The Labute approximate surface area is 200 Å². The molecule has 0 aliphatic heterocycles. The van der Waals surface area contributed by atoms with Crippen molar-refractivity contribution >= 4 is 39.8 Å². The number of ether oxygens (including phenoxy) is 1. The second-order valence-corrected chi connectivity index (χ2v) is 9.44. The monoisotopic (exact) mass is 554 g/mol. The number of hydrogen-bond acceptors (Lipinski definition) is 5.